The summed E-state index contributed by atoms with van der Waals surface area (Å²) in [5, 5.41) is 3.75. The second-order valence-electron chi connectivity index (χ2n) is 4.41. The van der Waals surface area contributed by atoms with Crippen LogP contribution in [-0.4, -0.2) is 29.0 Å². The molecule has 0 bridgehead atoms. The van der Waals surface area contributed by atoms with E-state index in [9.17, 15) is 0 Å². The molecule has 1 aromatic heterocycles. The molecule has 8 heteroatoms. The number of hydrazine groups is 1. The van der Waals surface area contributed by atoms with Crippen LogP contribution < -0.4 is 21.5 Å². The van der Waals surface area contributed by atoms with E-state index in [0.717, 1.165) is 11.3 Å². The smallest absolute Gasteiger partial charge is 0.243 e. The standard InChI is InChI=1S/C12H16ClN7/c1-7-4-5-8(6-9(7)13)15-10-16-11(19-14)18-12(17-10)20(2)3/h4-6H,14H2,1-3H3,(H2,15,16,17,18,19). The highest BCUT2D eigenvalue weighted by atomic mass is 35.5. The van der Waals surface area contributed by atoms with Gasteiger partial charge in [0.1, 0.15) is 0 Å². The molecule has 0 fully saturated rings. The lowest BCUT2D eigenvalue weighted by Gasteiger charge is -2.13. The molecule has 20 heavy (non-hydrogen) atoms. The number of nitrogens with zero attached hydrogens (tertiary/aromatic N) is 4. The van der Waals surface area contributed by atoms with Crippen LogP contribution in [-0.2, 0) is 0 Å². The van der Waals surface area contributed by atoms with Crippen molar-refractivity contribution in [3.63, 3.8) is 0 Å². The molecule has 1 aromatic carbocycles. The van der Waals surface area contributed by atoms with E-state index in [1.165, 1.54) is 0 Å². The summed E-state index contributed by atoms with van der Waals surface area (Å²) in [5.41, 5.74) is 4.21. The van der Waals surface area contributed by atoms with Crippen LogP contribution in [0.2, 0.25) is 5.02 Å². The van der Waals surface area contributed by atoms with Gasteiger partial charge in [-0.15, -0.1) is 0 Å². The van der Waals surface area contributed by atoms with E-state index in [0.29, 0.717) is 16.9 Å². The molecule has 0 amide bonds. The van der Waals surface area contributed by atoms with Crippen LogP contribution in [0.4, 0.5) is 23.5 Å². The molecule has 2 aromatic rings. The van der Waals surface area contributed by atoms with E-state index in [1.807, 2.05) is 39.2 Å². The Balaban J connectivity index is 2.32. The van der Waals surface area contributed by atoms with Gasteiger partial charge in [-0.2, -0.15) is 15.0 Å². The number of halogens is 1. The highest BCUT2D eigenvalue weighted by Crippen LogP contribution is 2.22. The van der Waals surface area contributed by atoms with Gasteiger partial charge in [-0.05, 0) is 24.6 Å². The van der Waals surface area contributed by atoms with E-state index >= 15 is 0 Å². The summed E-state index contributed by atoms with van der Waals surface area (Å²) in [6.45, 7) is 1.94. The number of hydrogen-bond acceptors (Lipinski definition) is 7. The SMILES string of the molecule is Cc1ccc(Nc2nc(NN)nc(N(C)C)n2)cc1Cl. The quantitative estimate of drug-likeness (QED) is 0.586. The van der Waals surface area contributed by atoms with Crippen molar-refractivity contribution in [2.45, 2.75) is 6.92 Å². The second kappa shape index (κ2) is 5.89. The van der Waals surface area contributed by atoms with Gasteiger partial charge in [-0.1, -0.05) is 17.7 Å². The van der Waals surface area contributed by atoms with Gasteiger partial charge in [0, 0.05) is 24.8 Å². The zero-order valence-electron chi connectivity index (χ0n) is 11.5. The Morgan fingerprint density at radius 3 is 2.45 bits per heavy atom. The maximum Gasteiger partial charge on any atom is 0.243 e. The fourth-order valence-corrected chi connectivity index (χ4v) is 1.67. The Kier molecular flexibility index (Phi) is 4.21. The highest BCUT2D eigenvalue weighted by Gasteiger charge is 2.08. The summed E-state index contributed by atoms with van der Waals surface area (Å²) in [4.78, 5) is 14.3. The van der Waals surface area contributed by atoms with E-state index in [-0.39, 0.29) is 5.95 Å². The van der Waals surface area contributed by atoms with Crippen molar-refractivity contribution >= 4 is 35.1 Å². The molecule has 0 spiro atoms. The fourth-order valence-electron chi connectivity index (χ4n) is 1.48. The molecule has 106 valence electrons. The molecular weight excluding hydrogens is 278 g/mol. The minimum atomic E-state index is 0.282. The summed E-state index contributed by atoms with van der Waals surface area (Å²) in [6, 6.07) is 5.63. The number of nitrogen functional groups attached to an aromatic ring is 1. The summed E-state index contributed by atoms with van der Waals surface area (Å²) in [7, 11) is 3.67. The topological polar surface area (TPSA) is 92.0 Å². The predicted molar refractivity (Wildman–Crippen MR) is 81.4 cm³/mol. The number of anilines is 4. The Hall–Kier alpha value is -2.12. The van der Waals surface area contributed by atoms with Crippen molar-refractivity contribution in [3.05, 3.63) is 28.8 Å². The van der Waals surface area contributed by atoms with E-state index in [4.69, 9.17) is 17.4 Å². The van der Waals surface area contributed by atoms with Gasteiger partial charge in [0.15, 0.2) is 0 Å². The van der Waals surface area contributed by atoms with E-state index in [2.05, 4.69) is 25.7 Å². The molecule has 0 aliphatic carbocycles. The number of rotatable bonds is 4. The maximum absolute atomic E-state index is 6.09. The van der Waals surface area contributed by atoms with Crippen LogP contribution in [0.15, 0.2) is 18.2 Å². The monoisotopic (exact) mass is 293 g/mol. The molecule has 0 radical (unpaired) electrons. The Bertz CT molecular complexity index is 615. The summed E-state index contributed by atoms with van der Waals surface area (Å²) < 4.78 is 0. The summed E-state index contributed by atoms with van der Waals surface area (Å²) in [6.07, 6.45) is 0. The van der Waals surface area contributed by atoms with Gasteiger partial charge < -0.3 is 10.2 Å². The van der Waals surface area contributed by atoms with Crippen LogP contribution in [0.3, 0.4) is 0 Å². The van der Waals surface area contributed by atoms with E-state index < -0.39 is 0 Å². The largest absolute Gasteiger partial charge is 0.347 e. The molecule has 0 saturated heterocycles. The zero-order chi connectivity index (χ0) is 14.7. The predicted octanol–water partition coefficient (Wildman–Crippen LogP) is 1.93. The lowest BCUT2D eigenvalue weighted by atomic mass is 10.2. The first kappa shape index (κ1) is 14.3. The van der Waals surface area contributed by atoms with Crippen molar-refractivity contribution in [2.75, 3.05) is 29.7 Å². The van der Waals surface area contributed by atoms with Crippen molar-refractivity contribution in [2.24, 2.45) is 5.84 Å². The first-order valence-corrected chi connectivity index (χ1v) is 6.30. The molecule has 0 aliphatic heterocycles. The van der Waals surface area contributed by atoms with Gasteiger partial charge in [0.25, 0.3) is 0 Å². The average molecular weight is 294 g/mol. The lowest BCUT2D eigenvalue weighted by molar-refractivity contribution is 0.957. The molecule has 7 nitrogen and oxygen atoms in total. The van der Waals surface area contributed by atoms with Gasteiger partial charge in [-0.25, -0.2) is 5.84 Å². The average Bonchev–Trinajstić information content (AvgIpc) is 2.42. The first-order chi connectivity index (χ1) is 9.49. The number of benzene rings is 1. The normalized spacial score (nSPS) is 10.2. The number of nitrogens with two attached hydrogens (primary N) is 1. The van der Waals surface area contributed by atoms with Crippen LogP contribution >= 0.6 is 11.6 Å². The third-order valence-corrected chi connectivity index (χ3v) is 2.99. The minimum Gasteiger partial charge on any atom is -0.347 e. The van der Waals surface area contributed by atoms with Gasteiger partial charge in [0.05, 0.1) is 0 Å². The third kappa shape index (κ3) is 3.25. The van der Waals surface area contributed by atoms with Crippen LogP contribution in [0.5, 0.6) is 0 Å². The van der Waals surface area contributed by atoms with Gasteiger partial charge in [0.2, 0.25) is 17.8 Å². The number of aromatic nitrogens is 3. The molecule has 0 aliphatic rings. The summed E-state index contributed by atoms with van der Waals surface area (Å²) >= 11 is 6.09. The zero-order valence-corrected chi connectivity index (χ0v) is 12.2. The van der Waals surface area contributed by atoms with Crippen LogP contribution in [0, 0.1) is 6.92 Å². The molecule has 1 heterocycles. The van der Waals surface area contributed by atoms with Crippen molar-refractivity contribution < 1.29 is 0 Å². The Morgan fingerprint density at radius 2 is 1.85 bits per heavy atom. The Labute approximate surface area is 122 Å². The van der Waals surface area contributed by atoms with Crippen molar-refractivity contribution in [3.8, 4) is 0 Å². The number of hydrogen-bond donors (Lipinski definition) is 3. The minimum absolute atomic E-state index is 0.282. The first-order valence-electron chi connectivity index (χ1n) is 5.93. The maximum atomic E-state index is 6.09. The Morgan fingerprint density at radius 1 is 1.15 bits per heavy atom. The third-order valence-electron chi connectivity index (χ3n) is 2.58. The van der Waals surface area contributed by atoms with Crippen LogP contribution in [0.1, 0.15) is 5.56 Å². The van der Waals surface area contributed by atoms with Gasteiger partial charge in [-0.3, -0.25) is 5.43 Å². The molecule has 0 saturated carbocycles. The molecule has 0 atom stereocenters. The molecule has 0 unspecified atom stereocenters. The second-order valence-corrected chi connectivity index (χ2v) is 4.82. The number of nitrogens with one attached hydrogen (secondary N) is 2. The molecule has 2 rings (SSSR count). The highest BCUT2D eigenvalue weighted by molar-refractivity contribution is 6.31. The summed E-state index contributed by atoms with van der Waals surface area (Å²) in [5.74, 6) is 6.52. The number of aryl methyl sites for hydroxylation is 1. The molecule has 4 N–H and O–H groups in total. The molecular formula is C12H16ClN7. The van der Waals surface area contributed by atoms with Crippen LogP contribution in [0.25, 0.3) is 0 Å². The van der Waals surface area contributed by atoms with Crippen molar-refractivity contribution in [1.29, 1.82) is 0 Å². The van der Waals surface area contributed by atoms with E-state index in [1.54, 1.807) is 4.90 Å². The van der Waals surface area contributed by atoms with Crippen molar-refractivity contribution in [1.82, 2.24) is 15.0 Å². The lowest BCUT2D eigenvalue weighted by Crippen LogP contribution is -2.18. The van der Waals surface area contributed by atoms with Gasteiger partial charge >= 0.3 is 0 Å². The fraction of sp³-hybridized carbons (Fsp3) is 0.250.